The van der Waals surface area contributed by atoms with Crippen LogP contribution in [0.5, 0.6) is 11.5 Å². The highest BCUT2D eigenvalue weighted by atomic mass is 16.5. The standard InChI is InChI=1S/C30H43NO5.C15H28/c1-3-22-4-8-24(9-5-22)25-10-6-23(7-11-25)20-36-27-12-13-29(33)26(18-27)19-28(21(2)32)30(34)31-14-16-35-17-15-31;1-3-13-6-10-15(11-7-13)14-8-4-12(2)5-9-14/h12-13,18-19,22-25,33H,3-11,14-17,20H2,1-2H3;12-15H,3-11H2,1-2H3/b28-19+;. The molecule has 0 atom stereocenters. The summed E-state index contributed by atoms with van der Waals surface area (Å²) in [6.07, 6.45) is 27.3. The van der Waals surface area contributed by atoms with E-state index >= 15 is 0 Å². The van der Waals surface area contributed by atoms with Crippen molar-refractivity contribution >= 4 is 17.8 Å². The molecule has 6 heteroatoms. The number of hydrogen-bond acceptors (Lipinski definition) is 5. The zero-order chi connectivity index (χ0) is 36.2. The Balaban J connectivity index is 0.000000279. The van der Waals surface area contributed by atoms with Crippen LogP contribution in [0.3, 0.4) is 0 Å². The molecule has 5 aliphatic rings. The maximum atomic E-state index is 12.9. The molecule has 4 saturated carbocycles. The Kier molecular flexibility index (Phi) is 15.8. The number of benzene rings is 1. The minimum absolute atomic E-state index is 0.0224. The van der Waals surface area contributed by atoms with Crippen LogP contribution >= 0.6 is 0 Å². The number of aromatic hydroxyl groups is 1. The van der Waals surface area contributed by atoms with Crippen LogP contribution in [0.2, 0.25) is 0 Å². The third-order valence-electron chi connectivity index (χ3n) is 13.9. The molecule has 4 aliphatic carbocycles. The average molecular weight is 706 g/mol. The van der Waals surface area contributed by atoms with E-state index in [2.05, 4.69) is 20.8 Å². The highest BCUT2D eigenvalue weighted by Gasteiger charge is 2.32. The molecule has 0 bridgehead atoms. The van der Waals surface area contributed by atoms with Gasteiger partial charge in [0.05, 0.1) is 25.4 Å². The lowest BCUT2D eigenvalue weighted by Gasteiger charge is -2.37. The number of carbonyl (C=O) groups is 2. The predicted molar refractivity (Wildman–Crippen MR) is 208 cm³/mol. The van der Waals surface area contributed by atoms with E-state index < -0.39 is 0 Å². The summed E-state index contributed by atoms with van der Waals surface area (Å²) < 4.78 is 11.4. The Morgan fingerprint density at radius 1 is 0.745 bits per heavy atom. The largest absolute Gasteiger partial charge is 0.507 e. The molecule has 1 aliphatic heterocycles. The van der Waals surface area contributed by atoms with Gasteiger partial charge in [-0.15, -0.1) is 0 Å². The lowest BCUT2D eigenvalue weighted by Crippen LogP contribution is -2.42. The molecular weight excluding hydrogens is 634 g/mol. The van der Waals surface area contributed by atoms with E-state index in [0.29, 0.717) is 50.1 Å². The molecular formula is C45H71NO5. The summed E-state index contributed by atoms with van der Waals surface area (Å²) in [5.74, 6) is 7.67. The molecule has 1 amide bonds. The van der Waals surface area contributed by atoms with Crippen molar-refractivity contribution in [2.75, 3.05) is 32.9 Å². The van der Waals surface area contributed by atoms with Crippen LogP contribution in [0, 0.1) is 47.3 Å². The van der Waals surface area contributed by atoms with Crippen LogP contribution in [0.4, 0.5) is 0 Å². The van der Waals surface area contributed by atoms with E-state index in [1.54, 1.807) is 48.8 Å². The van der Waals surface area contributed by atoms with Crippen molar-refractivity contribution in [3.63, 3.8) is 0 Å². The van der Waals surface area contributed by atoms with Crippen LogP contribution < -0.4 is 4.74 Å². The van der Waals surface area contributed by atoms with E-state index in [0.717, 1.165) is 41.4 Å². The normalized spacial score (nSPS) is 32.0. The van der Waals surface area contributed by atoms with Crippen molar-refractivity contribution in [1.29, 1.82) is 0 Å². The molecule has 0 aromatic heterocycles. The molecule has 1 heterocycles. The highest BCUT2D eigenvalue weighted by molar-refractivity contribution is 6.21. The molecule has 0 unspecified atom stereocenters. The first-order valence-corrected chi connectivity index (χ1v) is 21.3. The average Bonchev–Trinajstić information content (AvgIpc) is 3.18. The second-order valence-corrected chi connectivity index (χ2v) is 17.2. The molecule has 6 nitrogen and oxygen atoms in total. The van der Waals surface area contributed by atoms with Gasteiger partial charge in [0.2, 0.25) is 0 Å². The summed E-state index contributed by atoms with van der Waals surface area (Å²) >= 11 is 0. The number of rotatable bonds is 10. The van der Waals surface area contributed by atoms with Crippen LogP contribution in [0.1, 0.15) is 149 Å². The SMILES string of the molecule is CCC1CCC(C2CCC(C)CC2)CC1.CCC1CCC(C2CCC(COc3ccc(O)c(/C=C(\C(C)=O)C(=O)N4CCOCC4)c3)CC2)CC1. The highest BCUT2D eigenvalue weighted by Crippen LogP contribution is 2.43. The topological polar surface area (TPSA) is 76.1 Å². The fraction of sp³-hybridized carbons (Fsp3) is 0.778. The zero-order valence-electron chi connectivity index (χ0n) is 32.7. The molecule has 1 N–H and O–H groups in total. The number of phenolic OH excluding ortho intramolecular Hbond substituents is 1. The number of ether oxygens (including phenoxy) is 2. The number of phenols is 1. The van der Waals surface area contributed by atoms with Gasteiger partial charge in [-0.1, -0.05) is 72.1 Å². The van der Waals surface area contributed by atoms with Gasteiger partial charge in [0.15, 0.2) is 5.78 Å². The minimum atomic E-state index is -0.323. The maximum absolute atomic E-state index is 12.9. The lowest BCUT2D eigenvalue weighted by molar-refractivity contribution is -0.132. The Morgan fingerprint density at radius 2 is 1.22 bits per heavy atom. The van der Waals surface area contributed by atoms with Crippen molar-refractivity contribution in [2.45, 2.75) is 143 Å². The second-order valence-electron chi connectivity index (χ2n) is 17.2. The van der Waals surface area contributed by atoms with Crippen LogP contribution in [0.15, 0.2) is 23.8 Å². The van der Waals surface area contributed by atoms with Gasteiger partial charge >= 0.3 is 0 Å². The monoisotopic (exact) mass is 706 g/mol. The van der Waals surface area contributed by atoms with Gasteiger partial charge in [-0.3, -0.25) is 9.59 Å². The summed E-state index contributed by atoms with van der Waals surface area (Å²) in [6, 6.07) is 5.05. The lowest BCUT2D eigenvalue weighted by atomic mass is 9.69. The summed E-state index contributed by atoms with van der Waals surface area (Å²) in [6.45, 7) is 11.0. The molecule has 1 aromatic rings. The van der Waals surface area contributed by atoms with Crippen molar-refractivity contribution in [3.05, 3.63) is 29.3 Å². The van der Waals surface area contributed by atoms with Gasteiger partial charge in [0.1, 0.15) is 11.5 Å². The molecule has 1 saturated heterocycles. The van der Waals surface area contributed by atoms with Gasteiger partial charge in [-0.05, 0) is 143 Å². The minimum Gasteiger partial charge on any atom is -0.507 e. The quantitative estimate of drug-likeness (QED) is 0.149. The maximum Gasteiger partial charge on any atom is 0.257 e. The van der Waals surface area contributed by atoms with E-state index in [4.69, 9.17) is 9.47 Å². The summed E-state index contributed by atoms with van der Waals surface area (Å²) in [7, 11) is 0. The van der Waals surface area contributed by atoms with E-state index in [-0.39, 0.29) is 23.0 Å². The molecule has 51 heavy (non-hydrogen) atoms. The first-order valence-electron chi connectivity index (χ1n) is 21.3. The molecule has 286 valence electrons. The zero-order valence-corrected chi connectivity index (χ0v) is 32.7. The van der Waals surface area contributed by atoms with Crippen molar-refractivity contribution < 1.29 is 24.2 Å². The molecule has 6 rings (SSSR count). The Hall–Kier alpha value is -2.34. The first-order chi connectivity index (χ1) is 24.7. The van der Waals surface area contributed by atoms with Crippen molar-refractivity contribution in [1.82, 2.24) is 4.90 Å². The van der Waals surface area contributed by atoms with E-state index in [1.165, 1.54) is 103 Å². The third kappa shape index (κ3) is 11.8. The summed E-state index contributed by atoms with van der Waals surface area (Å²) in [5.41, 5.74) is 0.487. The number of morpholine rings is 1. The van der Waals surface area contributed by atoms with Crippen LogP contribution in [-0.2, 0) is 14.3 Å². The summed E-state index contributed by atoms with van der Waals surface area (Å²) in [4.78, 5) is 26.8. The van der Waals surface area contributed by atoms with E-state index in [9.17, 15) is 14.7 Å². The van der Waals surface area contributed by atoms with Gasteiger partial charge in [0.25, 0.3) is 5.91 Å². The number of carbonyl (C=O) groups excluding carboxylic acids is 2. The van der Waals surface area contributed by atoms with Gasteiger partial charge in [-0.25, -0.2) is 0 Å². The molecule has 1 aromatic carbocycles. The Bertz CT molecular complexity index is 1240. The van der Waals surface area contributed by atoms with Gasteiger partial charge in [0, 0.05) is 18.7 Å². The van der Waals surface area contributed by atoms with Gasteiger partial charge < -0.3 is 19.5 Å². The number of amides is 1. The van der Waals surface area contributed by atoms with E-state index in [1.807, 2.05) is 0 Å². The fourth-order valence-corrected chi connectivity index (χ4v) is 10.1. The molecule has 5 fully saturated rings. The van der Waals surface area contributed by atoms with Crippen LogP contribution in [0.25, 0.3) is 6.08 Å². The fourth-order valence-electron chi connectivity index (χ4n) is 10.1. The number of ketones is 1. The Labute approximate surface area is 310 Å². The Morgan fingerprint density at radius 3 is 1.69 bits per heavy atom. The number of hydrogen-bond donors (Lipinski definition) is 1. The molecule has 0 radical (unpaired) electrons. The number of nitrogens with zero attached hydrogens (tertiary/aromatic N) is 1. The number of Topliss-reactive ketones (excluding diaryl/α,β-unsaturated/α-hetero) is 1. The van der Waals surface area contributed by atoms with Crippen LogP contribution in [-0.4, -0.2) is 54.6 Å². The summed E-state index contributed by atoms with van der Waals surface area (Å²) in [5, 5.41) is 10.4. The smallest absolute Gasteiger partial charge is 0.257 e. The van der Waals surface area contributed by atoms with Crippen molar-refractivity contribution in [2.24, 2.45) is 47.3 Å². The second kappa shape index (κ2) is 20.2. The third-order valence-corrected chi connectivity index (χ3v) is 13.9. The predicted octanol–water partition coefficient (Wildman–Crippen LogP) is 10.7. The van der Waals surface area contributed by atoms with Crippen molar-refractivity contribution in [3.8, 4) is 11.5 Å². The van der Waals surface area contributed by atoms with Gasteiger partial charge in [-0.2, -0.15) is 0 Å². The first kappa shape index (κ1) is 39.9. The molecule has 0 spiro atoms.